The van der Waals surface area contributed by atoms with Crippen molar-refractivity contribution in [1.82, 2.24) is 10.2 Å². The van der Waals surface area contributed by atoms with Gasteiger partial charge in [0.05, 0.1) is 6.10 Å². The van der Waals surface area contributed by atoms with E-state index in [1.165, 1.54) is 0 Å². The molecule has 0 aliphatic carbocycles. The van der Waals surface area contributed by atoms with Crippen LogP contribution in [-0.2, 0) is 0 Å². The summed E-state index contributed by atoms with van der Waals surface area (Å²) in [5.41, 5.74) is 0.758. The van der Waals surface area contributed by atoms with E-state index >= 15 is 0 Å². The molecule has 1 aromatic rings. The van der Waals surface area contributed by atoms with Crippen LogP contribution in [0.3, 0.4) is 0 Å². The fourth-order valence-corrected chi connectivity index (χ4v) is 3.18. The first-order chi connectivity index (χ1) is 11.3. The lowest BCUT2D eigenvalue weighted by Crippen LogP contribution is -2.50. The summed E-state index contributed by atoms with van der Waals surface area (Å²) in [5, 5.41) is 22.7. The Kier molecular flexibility index (Phi) is 6.24. The number of carbonyl (C=O) groups is 1. The number of nitrogens with one attached hydrogen (secondary N) is 1. The molecule has 1 fully saturated rings. The summed E-state index contributed by atoms with van der Waals surface area (Å²) < 4.78 is 0. The van der Waals surface area contributed by atoms with E-state index in [1.54, 1.807) is 4.90 Å². The summed E-state index contributed by atoms with van der Waals surface area (Å²) in [7, 11) is 0. The van der Waals surface area contributed by atoms with Gasteiger partial charge >= 0.3 is 6.03 Å². The molecule has 0 aromatic heterocycles. The summed E-state index contributed by atoms with van der Waals surface area (Å²) in [6, 6.07) is 9.82. The van der Waals surface area contributed by atoms with Gasteiger partial charge < -0.3 is 20.4 Å². The van der Waals surface area contributed by atoms with Crippen LogP contribution in [0.1, 0.15) is 38.7 Å². The second-order valence-corrected chi connectivity index (χ2v) is 7.58. The molecule has 5 heteroatoms. The number of benzene rings is 1. The molecule has 134 valence electrons. The standard InChI is InChI=1S/C19H30N2O3/c1-14-9-10-21(12-17(14)23)18(24)20-11-16(19(2,3)13-22)15-7-5-4-6-8-15/h4-8,14,16-17,22-23H,9-13H2,1-3H3,(H,20,24). The van der Waals surface area contributed by atoms with Gasteiger partial charge in [-0.2, -0.15) is 0 Å². The van der Waals surface area contributed by atoms with Crippen LogP contribution in [0, 0.1) is 11.3 Å². The molecule has 0 radical (unpaired) electrons. The molecule has 1 heterocycles. The molecule has 1 aliphatic rings. The van der Waals surface area contributed by atoms with E-state index in [9.17, 15) is 15.0 Å². The Labute approximate surface area is 144 Å². The maximum atomic E-state index is 12.4. The van der Waals surface area contributed by atoms with Crippen LogP contribution in [-0.4, -0.2) is 53.5 Å². The first-order valence-electron chi connectivity index (χ1n) is 8.72. The van der Waals surface area contributed by atoms with E-state index in [0.717, 1.165) is 12.0 Å². The number of carbonyl (C=O) groups excluding carboxylic acids is 1. The predicted octanol–water partition coefficient (Wildman–Crippen LogP) is 2.20. The number of hydrogen-bond acceptors (Lipinski definition) is 3. The minimum Gasteiger partial charge on any atom is -0.396 e. The Morgan fingerprint density at radius 1 is 1.38 bits per heavy atom. The molecule has 3 unspecified atom stereocenters. The normalized spacial score (nSPS) is 23.0. The average Bonchev–Trinajstić information content (AvgIpc) is 2.58. The van der Waals surface area contributed by atoms with Crippen molar-refractivity contribution >= 4 is 6.03 Å². The second kappa shape index (κ2) is 7.99. The third-order valence-corrected chi connectivity index (χ3v) is 5.22. The molecular formula is C19H30N2O3. The summed E-state index contributed by atoms with van der Waals surface area (Å²) in [4.78, 5) is 14.1. The van der Waals surface area contributed by atoms with E-state index in [0.29, 0.717) is 19.6 Å². The zero-order valence-corrected chi connectivity index (χ0v) is 14.9. The fraction of sp³-hybridized carbons (Fsp3) is 0.632. The highest BCUT2D eigenvalue weighted by molar-refractivity contribution is 5.74. The third kappa shape index (κ3) is 4.48. The zero-order valence-electron chi connectivity index (χ0n) is 14.9. The number of aliphatic hydroxyl groups excluding tert-OH is 2. The molecule has 0 spiro atoms. The van der Waals surface area contributed by atoms with Crippen LogP contribution in [0.5, 0.6) is 0 Å². The summed E-state index contributed by atoms with van der Waals surface area (Å²) in [6.45, 7) is 7.57. The smallest absolute Gasteiger partial charge is 0.317 e. The monoisotopic (exact) mass is 334 g/mol. The van der Waals surface area contributed by atoms with Gasteiger partial charge in [0.15, 0.2) is 0 Å². The van der Waals surface area contributed by atoms with Gasteiger partial charge in [-0.15, -0.1) is 0 Å². The Morgan fingerprint density at radius 2 is 2.04 bits per heavy atom. The van der Waals surface area contributed by atoms with E-state index in [4.69, 9.17) is 0 Å². The van der Waals surface area contributed by atoms with Gasteiger partial charge in [0.2, 0.25) is 0 Å². The molecule has 0 saturated carbocycles. The summed E-state index contributed by atoms with van der Waals surface area (Å²) in [5.74, 6) is 0.251. The fourth-order valence-electron chi connectivity index (χ4n) is 3.18. The molecule has 24 heavy (non-hydrogen) atoms. The van der Waals surface area contributed by atoms with Gasteiger partial charge in [0.1, 0.15) is 0 Å². The van der Waals surface area contributed by atoms with Crippen LogP contribution in [0.2, 0.25) is 0 Å². The van der Waals surface area contributed by atoms with Crippen LogP contribution < -0.4 is 5.32 Å². The number of aliphatic hydroxyl groups is 2. The van der Waals surface area contributed by atoms with Crippen molar-refractivity contribution in [2.75, 3.05) is 26.2 Å². The van der Waals surface area contributed by atoms with Gasteiger partial charge in [0, 0.05) is 32.2 Å². The molecule has 0 bridgehead atoms. The Balaban J connectivity index is 2.01. The number of nitrogens with zero attached hydrogens (tertiary/aromatic N) is 1. The highest BCUT2D eigenvalue weighted by atomic mass is 16.3. The highest BCUT2D eigenvalue weighted by Gasteiger charge is 2.32. The molecule has 5 nitrogen and oxygen atoms in total. The molecule has 2 rings (SSSR count). The van der Waals surface area contributed by atoms with Crippen molar-refractivity contribution in [2.24, 2.45) is 11.3 Å². The molecule has 3 atom stereocenters. The Hall–Kier alpha value is -1.59. The summed E-state index contributed by atoms with van der Waals surface area (Å²) >= 11 is 0. The molecular weight excluding hydrogens is 304 g/mol. The number of urea groups is 1. The number of rotatable bonds is 5. The summed E-state index contributed by atoms with van der Waals surface area (Å²) in [6.07, 6.45) is 0.363. The van der Waals surface area contributed by atoms with Crippen molar-refractivity contribution in [2.45, 2.75) is 39.2 Å². The number of likely N-dealkylation sites (tertiary alicyclic amines) is 1. The molecule has 1 saturated heterocycles. The Bertz CT molecular complexity index is 533. The van der Waals surface area contributed by atoms with Crippen molar-refractivity contribution < 1.29 is 15.0 Å². The number of hydrogen-bond donors (Lipinski definition) is 3. The maximum Gasteiger partial charge on any atom is 0.317 e. The molecule has 1 aliphatic heterocycles. The highest BCUT2D eigenvalue weighted by Crippen LogP contribution is 2.34. The molecule has 2 amide bonds. The van der Waals surface area contributed by atoms with Gasteiger partial charge in [-0.1, -0.05) is 51.1 Å². The SMILES string of the molecule is CC1CCN(C(=O)NCC(c2ccccc2)C(C)(C)CO)CC1O. The first kappa shape index (κ1) is 18.7. The Morgan fingerprint density at radius 3 is 2.62 bits per heavy atom. The molecule has 1 aromatic carbocycles. The van der Waals surface area contributed by atoms with E-state index < -0.39 is 6.10 Å². The number of β-amino-alcohol motifs (C(OH)–C–C–N with tert-alkyl or cyclic N) is 1. The van der Waals surface area contributed by atoms with E-state index in [-0.39, 0.29) is 29.9 Å². The van der Waals surface area contributed by atoms with Gasteiger partial charge in [-0.3, -0.25) is 0 Å². The zero-order chi connectivity index (χ0) is 17.7. The van der Waals surface area contributed by atoms with Crippen molar-refractivity contribution in [3.05, 3.63) is 35.9 Å². The van der Waals surface area contributed by atoms with Gasteiger partial charge in [-0.05, 0) is 23.3 Å². The molecule has 3 N–H and O–H groups in total. The second-order valence-electron chi connectivity index (χ2n) is 7.58. The van der Waals surface area contributed by atoms with E-state index in [1.807, 2.05) is 51.1 Å². The minimum absolute atomic E-state index is 0.0151. The lowest BCUT2D eigenvalue weighted by molar-refractivity contribution is 0.0430. The maximum absolute atomic E-state index is 12.4. The van der Waals surface area contributed by atoms with Crippen LogP contribution in [0.15, 0.2) is 30.3 Å². The third-order valence-electron chi connectivity index (χ3n) is 5.22. The number of amides is 2. The average molecular weight is 334 g/mol. The van der Waals surface area contributed by atoms with Crippen molar-refractivity contribution in [3.8, 4) is 0 Å². The topological polar surface area (TPSA) is 72.8 Å². The predicted molar refractivity (Wildman–Crippen MR) is 94.8 cm³/mol. The largest absolute Gasteiger partial charge is 0.396 e. The van der Waals surface area contributed by atoms with E-state index in [2.05, 4.69) is 5.32 Å². The van der Waals surface area contributed by atoms with Gasteiger partial charge in [-0.25, -0.2) is 4.79 Å². The number of piperidine rings is 1. The minimum atomic E-state index is -0.455. The van der Waals surface area contributed by atoms with Crippen molar-refractivity contribution in [1.29, 1.82) is 0 Å². The lowest BCUT2D eigenvalue weighted by Gasteiger charge is -2.36. The van der Waals surface area contributed by atoms with Gasteiger partial charge in [0.25, 0.3) is 0 Å². The lowest BCUT2D eigenvalue weighted by atomic mass is 9.75. The first-order valence-corrected chi connectivity index (χ1v) is 8.72. The van der Waals surface area contributed by atoms with Crippen LogP contribution in [0.25, 0.3) is 0 Å². The quantitative estimate of drug-likeness (QED) is 0.773. The van der Waals surface area contributed by atoms with Crippen molar-refractivity contribution in [3.63, 3.8) is 0 Å². The van der Waals surface area contributed by atoms with Crippen LogP contribution >= 0.6 is 0 Å². The van der Waals surface area contributed by atoms with Crippen LogP contribution in [0.4, 0.5) is 4.79 Å².